The van der Waals surface area contributed by atoms with Crippen LogP contribution >= 0.6 is 7.82 Å². The number of hydrogen-bond donors (Lipinski definition) is 3. The molecule has 42 valence electrons. The Kier molecular flexibility index (Phi) is 12.1. The Labute approximate surface area is 64.7 Å². The molecule has 7 heteroatoms. The van der Waals surface area contributed by atoms with E-state index in [4.69, 9.17) is 19.2 Å². The number of phosphoric acid groups is 1. The fourth-order valence-electron chi connectivity index (χ4n) is 0. The predicted molar refractivity (Wildman–Crippen MR) is 15.4 cm³/mol. The van der Waals surface area contributed by atoms with Crippen molar-refractivity contribution < 1.29 is 56.6 Å². The number of rotatable bonds is 0. The Balaban J connectivity index is -0.0000000267. The molecular weight excluding hydrogens is 158 g/mol. The molecule has 0 bridgehead atoms. The zero-order valence-electron chi connectivity index (χ0n) is 4.55. The van der Waals surface area contributed by atoms with Crippen LogP contribution in [0.25, 0.3) is 0 Å². The van der Waals surface area contributed by atoms with Gasteiger partial charge in [-0.15, -0.1) is 0 Å². The molecule has 0 aliphatic heterocycles. The van der Waals surface area contributed by atoms with E-state index >= 15 is 0 Å². The van der Waals surface area contributed by atoms with Gasteiger partial charge < -0.3 is 16.1 Å². The Bertz CT molecular complexity index is 62.2. The van der Waals surface area contributed by atoms with Crippen LogP contribution in [0.1, 0.15) is 1.43 Å². The van der Waals surface area contributed by atoms with E-state index in [0.29, 0.717) is 0 Å². The van der Waals surface area contributed by atoms with Gasteiger partial charge in [0.25, 0.3) is 0 Å². The molecule has 3 N–H and O–H groups in total. The van der Waals surface area contributed by atoms with Crippen LogP contribution in [0.5, 0.6) is 0 Å². The molecule has 0 saturated heterocycles. The first-order chi connectivity index (χ1) is 2.00. The first kappa shape index (κ1) is 15.7. The Morgan fingerprint density at radius 1 is 1.29 bits per heavy atom. The molecule has 4 nitrogen and oxygen atoms in total. The van der Waals surface area contributed by atoms with Crippen molar-refractivity contribution in [1.82, 2.24) is 0 Å². The Hall–Kier alpha value is 1.23. The molecule has 0 aliphatic rings. The van der Waals surface area contributed by atoms with E-state index in [-0.39, 0.29) is 37.4 Å². The smallest absolute Gasteiger partial charge is 1.00 e. The maximum Gasteiger partial charge on any atom is 1.00 e. The normalized spacial score (nSPS) is 8.43. The zero-order chi connectivity index (χ0) is 4.50. The monoisotopic (exact) mass is 162 g/mol. The fourth-order valence-corrected chi connectivity index (χ4v) is 0. The summed E-state index contributed by atoms with van der Waals surface area (Å²) < 4.78 is 8.88. The van der Waals surface area contributed by atoms with Gasteiger partial charge in [-0.2, -0.15) is 0 Å². The van der Waals surface area contributed by atoms with Gasteiger partial charge in [-0.3, -0.25) is 0 Å². The van der Waals surface area contributed by atoms with E-state index in [1.165, 1.54) is 0 Å². The molecule has 0 aromatic heterocycles. The van der Waals surface area contributed by atoms with Gasteiger partial charge in [0.05, 0.1) is 0 Å². The third kappa shape index (κ3) is 131. The Morgan fingerprint density at radius 3 is 1.29 bits per heavy atom. The maximum absolute atomic E-state index is 8.88. The van der Waals surface area contributed by atoms with Crippen molar-refractivity contribution >= 4 is 7.82 Å². The third-order valence-corrected chi connectivity index (χ3v) is 0. The summed E-state index contributed by atoms with van der Waals surface area (Å²) in [7, 11) is -4.64. The third-order valence-electron chi connectivity index (χ3n) is 0. The van der Waals surface area contributed by atoms with Gasteiger partial charge in [-0.05, 0) is 0 Å². The average Bonchev–Trinajstić information content (AvgIpc) is 0.722. The summed E-state index contributed by atoms with van der Waals surface area (Å²) in [4.78, 5) is 21.6. The molecule has 0 aliphatic carbocycles. The minimum Gasteiger partial charge on any atom is -1.00 e. The van der Waals surface area contributed by atoms with E-state index in [9.17, 15) is 0 Å². The molecular formula is H4FeLiO4P. The molecule has 7 heavy (non-hydrogen) atoms. The second-order valence-corrected chi connectivity index (χ2v) is 1.54. The summed E-state index contributed by atoms with van der Waals surface area (Å²) >= 11 is 0. The standard InChI is InChI=1S/Fe.Li.H3O4P.H/c;;1-5(2,3)4;/h;;(H3,1,2,3,4);/q;+1;;-1. The maximum atomic E-state index is 8.88. The summed E-state index contributed by atoms with van der Waals surface area (Å²) in [6, 6.07) is 0. The summed E-state index contributed by atoms with van der Waals surface area (Å²) in [6.45, 7) is 0. The van der Waals surface area contributed by atoms with Crippen LogP contribution in [0.2, 0.25) is 0 Å². The summed E-state index contributed by atoms with van der Waals surface area (Å²) in [5, 5.41) is 0. The first-order valence-electron chi connectivity index (χ1n) is 0.783. The van der Waals surface area contributed by atoms with E-state index in [1.54, 1.807) is 0 Å². The van der Waals surface area contributed by atoms with E-state index in [2.05, 4.69) is 0 Å². The van der Waals surface area contributed by atoms with Crippen molar-refractivity contribution in [3.05, 3.63) is 0 Å². The first-order valence-corrected chi connectivity index (χ1v) is 2.35. The van der Waals surface area contributed by atoms with Crippen LogP contribution in [-0.2, 0) is 21.6 Å². The second kappa shape index (κ2) is 5.37. The van der Waals surface area contributed by atoms with Gasteiger partial charge in [-0.1, -0.05) is 0 Å². The molecule has 0 rings (SSSR count). The molecule has 0 spiro atoms. The van der Waals surface area contributed by atoms with Crippen molar-refractivity contribution in [3.8, 4) is 0 Å². The average molecular weight is 162 g/mol. The largest absolute Gasteiger partial charge is 1.00 e. The summed E-state index contributed by atoms with van der Waals surface area (Å²) in [5.74, 6) is 0. The second-order valence-electron chi connectivity index (χ2n) is 0.513. The van der Waals surface area contributed by atoms with E-state index in [0.717, 1.165) is 0 Å². The predicted octanol–water partition coefficient (Wildman–Crippen LogP) is -3.81. The molecule has 0 unspecified atom stereocenters. The van der Waals surface area contributed by atoms with Crippen LogP contribution in [0.4, 0.5) is 0 Å². The van der Waals surface area contributed by atoms with Crippen LogP contribution in [0.15, 0.2) is 0 Å². The molecule has 0 radical (unpaired) electrons. The van der Waals surface area contributed by atoms with Gasteiger partial charge in [0.15, 0.2) is 0 Å². The van der Waals surface area contributed by atoms with Gasteiger partial charge in [0.2, 0.25) is 0 Å². The van der Waals surface area contributed by atoms with Gasteiger partial charge in [-0.25, -0.2) is 4.57 Å². The number of hydrogen-bond acceptors (Lipinski definition) is 1. The molecule has 0 aromatic rings. The molecule has 0 fully saturated rings. The fraction of sp³-hybridized carbons (Fsp3) is 0. The topological polar surface area (TPSA) is 77.8 Å². The van der Waals surface area contributed by atoms with Crippen molar-refractivity contribution in [2.24, 2.45) is 0 Å². The van der Waals surface area contributed by atoms with Gasteiger partial charge in [0, 0.05) is 17.1 Å². The van der Waals surface area contributed by atoms with Crippen LogP contribution in [0.3, 0.4) is 0 Å². The van der Waals surface area contributed by atoms with E-state index in [1.807, 2.05) is 0 Å². The molecule has 0 amide bonds. The van der Waals surface area contributed by atoms with Crippen LogP contribution in [0, 0.1) is 0 Å². The van der Waals surface area contributed by atoms with Crippen LogP contribution < -0.4 is 18.9 Å². The van der Waals surface area contributed by atoms with Gasteiger partial charge in [0.1, 0.15) is 0 Å². The van der Waals surface area contributed by atoms with Crippen molar-refractivity contribution in [3.63, 3.8) is 0 Å². The van der Waals surface area contributed by atoms with E-state index < -0.39 is 7.82 Å². The molecule has 0 heterocycles. The molecule has 0 aromatic carbocycles. The SMILES string of the molecule is O=P(O)(O)O.[Fe].[H-].[Li+]. The molecule has 0 saturated carbocycles. The van der Waals surface area contributed by atoms with Crippen molar-refractivity contribution in [2.75, 3.05) is 0 Å². The zero-order valence-corrected chi connectivity index (χ0v) is 5.55. The summed E-state index contributed by atoms with van der Waals surface area (Å²) in [5.41, 5.74) is 0. The van der Waals surface area contributed by atoms with Gasteiger partial charge >= 0.3 is 26.7 Å². The van der Waals surface area contributed by atoms with Crippen molar-refractivity contribution in [1.29, 1.82) is 0 Å². The molecule has 0 atom stereocenters. The van der Waals surface area contributed by atoms with Crippen LogP contribution in [-0.4, -0.2) is 14.7 Å². The van der Waals surface area contributed by atoms with Crippen molar-refractivity contribution in [2.45, 2.75) is 0 Å². The summed E-state index contributed by atoms with van der Waals surface area (Å²) in [6.07, 6.45) is 0. The minimum atomic E-state index is -4.64. The Morgan fingerprint density at radius 2 is 1.29 bits per heavy atom. The minimum absolute atomic E-state index is 0. The quantitative estimate of drug-likeness (QED) is 0.252.